The predicted molar refractivity (Wildman–Crippen MR) is 77.6 cm³/mol. The summed E-state index contributed by atoms with van der Waals surface area (Å²) in [7, 11) is -3.54. The fourth-order valence-corrected chi connectivity index (χ4v) is 4.85. The Morgan fingerprint density at radius 3 is 2.15 bits per heavy atom. The second-order valence-electron chi connectivity index (χ2n) is 6.07. The van der Waals surface area contributed by atoms with Gasteiger partial charge in [-0.25, -0.2) is 12.8 Å². The molecule has 0 radical (unpaired) electrons. The Kier molecular flexibility index (Phi) is 4.21. The van der Waals surface area contributed by atoms with Crippen LogP contribution in [0.2, 0.25) is 0 Å². The van der Waals surface area contributed by atoms with Gasteiger partial charge in [0.05, 0.1) is 4.90 Å². The van der Waals surface area contributed by atoms with Crippen LogP contribution in [0.4, 0.5) is 4.39 Å². The molecule has 1 saturated carbocycles. The number of sulfonamides is 1. The van der Waals surface area contributed by atoms with E-state index in [-0.39, 0.29) is 22.7 Å². The average molecular weight is 299 g/mol. The number of hydrogen-bond acceptors (Lipinski definition) is 2. The molecule has 1 aliphatic rings. The molecule has 0 bridgehead atoms. The molecule has 20 heavy (non-hydrogen) atoms. The van der Waals surface area contributed by atoms with E-state index in [0.29, 0.717) is 17.7 Å². The number of halogens is 1. The lowest BCUT2D eigenvalue weighted by molar-refractivity contribution is 0.359. The molecule has 0 saturated heterocycles. The molecular weight excluding hydrogens is 277 g/mol. The lowest BCUT2D eigenvalue weighted by Crippen LogP contribution is -2.36. The third kappa shape index (κ3) is 3.04. The molecule has 1 aromatic carbocycles. The van der Waals surface area contributed by atoms with Gasteiger partial charge >= 0.3 is 0 Å². The van der Waals surface area contributed by atoms with Crippen molar-refractivity contribution in [1.82, 2.24) is 4.31 Å². The standard InChI is InChI=1S/C15H22FNO2S/c1-10(2)9-17(14-5-6-14)20(18,19)15-11(3)7-13(16)8-12(15)4/h7-8,10,14H,5-6,9H2,1-4H3. The van der Waals surface area contributed by atoms with Crippen LogP contribution in [0.25, 0.3) is 0 Å². The minimum Gasteiger partial charge on any atom is -0.207 e. The molecule has 0 unspecified atom stereocenters. The Morgan fingerprint density at radius 2 is 1.75 bits per heavy atom. The summed E-state index contributed by atoms with van der Waals surface area (Å²) in [6.45, 7) is 7.85. The maximum atomic E-state index is 13.4. The van der Waals surface area contributed by atoms with Crippen LogP contribution in [-0.4, -0.2) is 25.3 Å². The smallest absolute Gasteiger partial charge is 0.207 e. The van der Waals surface area contributed by atoms with Gasteiger partial charge in [0.1, 0.15) is 5.82 Å². The number of hydrogen-bond donors (Lipinski definition) is 0. The van der Waals surface area contributed by atoms with Crippen molar-refractivity contribution < 1.29 is 12.8 Å². The summed E-state index contributed by atoms with van der Waals surface area (Å²) in [5, 5.41) is 0. The summed E-state index contributed by atoms with van der Waals surface area (Å²) in [5.74, 6) is -0.118. The van der Waals surface area contributed by atoms with Crippen molar-refractivity contribution >= 4 is 10.0 Å². The predicted octanol–water partition coefficient (Wildman–Crippen LogP) is 3.25. The minimum atomic E-state index is -3.54. The minimum absolute atomic E-state index is 0.117. The first kappa shape index (κ1) is 15.4. The van der Waals surface area contributed by atoms with Crippen LogP contribution < -0.4 is 0 Å². The van der Waals surface area contributed by atoms with Crippen molar-refractivity contribution in [2.75, 3.05) is 6.54 Å². The second-order valence-corrected chi connectivity index (χ2v) is 7.90. The molecule has 1 aromatic rings. The van der Waals surface area contributed by atoms with E-state index in [9.17, 15) is 12.8 Å². The van der Waals surface area contributed by atoms with E-state index in [1.54, 1.807) is 18.2 Å². The highest BCUT2D eigenvalue weighted by Gasteiger charge is 2.39. The lowest BCUT2D eigenvalue weighted by Gasteiger charge is -2.25. The molecule has 0 amide bonds. The zero-order valence-electron chi connectivity index (χ0n) is 12.5. The molecular formula is C15H22FNO2S. The van der Waals surface area contributed by atoms with Crippen LogP contribution >= 0.6 is 0 Å². The van der Waals surface area contributed by atoms with Gasteiger partial charge in [0.25, 0.3) is 0 Å². The zero-order valence-corrected chi connectivity index (χ0v) is 13.3. The Bertz CT molecular complexity index is 583. The van der Waals surface area contributed by atoms with Crippen molar-refractivity contribution in [1.29, 1.82) is 0 Å². The molecule has 5 heteroatoms. The van der Waals surface area contributed by atoms with E-state index in [0.717, 1.165) is 12.8 Å². The maximum absolute atomic E-state index is 13.4. The number of rotatable bonds is 5. The van der Waals surface area contributed by atoms with E-state index in [2.05, 4.69) is 0 Å². The van der Waals surface area contributed by atoms with Gasteiger partial charge in [0, 0.05) is 12.6 Å². The average Bonchev–Trinajstić information content (AvgIpc) is 3.06. The maximum Gasteiger partial charge on any atom is 0.243 e. The molecule has 0 heterocycles. The number of nitrogens with zero attached hydrogens (tertiary/aromatic N) is 1. The van der Waals surface area contributed by atoms with E-state index in [4.69, 9.17) is 0 Å². The fourth-order valence-electron chi connectivity index (χ4n) is 2.59. The quantitative estimate of drug-likeness (QED) is 0.837. The van der Waals surface area contributed by atoms with Crippen molar-refractivity contribution in [3.8, 4) is 0 Å². The van der Waals surface area contributed by atoms with Gasteiger partial charge in [-0.15, -0.1) is 0 Å². The molecule has 1 aliphatic carbocycles. The van der Waals surface area contributed by atoms with Gasteiger partial charge in [0.15, 0.2) is 0 Å². The summed E-state index contributed by atoms with van der Waals surface area (Å²) < 4.78 is 40.8. The van der Waals surface area contributed by atoms with E-state index in [1.807, 2.05) is 13.8 Å². The first-order chi connectivity index (χ1) is 9.23. The van der Waals surface area contributed by atoms with Crippen LogP contribution in [-0.2, 0) is 10.0 Å². The zero-order chi connectivity index (χ0) is 15.1. The van der Waals surface area contributed by atoms with E-state index in [1.165, 1.54) is 12.1 Å². The highest BCUT2D eigenvalue weighted by Crippen LogP contribution is 2.34. The van der Waals surface area contributed by atoms with E-state index < -0.39 is 10.0 Å². The Hall–Kier alpha value is -0.940. The summed E-state index contributed by atoms with van der Waals surface area (Å²) in [6, 6.07) is 2.70. The fraction of sp³-hybridized carbons (Fsp3) is 0.600. The Balaban J connectivity index is 2.48. The van der Waals surface area contributed by atoms with Crippen LogP contribution in [0.5, 0.6) is 0 Å². The van der Waals surface area contributed by atoms with Gasteiger partial charge in [0.2, 0.25) is 10.0 Å². The molecule has 1 fully saturated rings. The number of aryl methyl sites for hydroxylation is 2. The summed E-state index contributed by atoms with van der Waals surface area (Å²) in [5.41, 5.74) is 0.966. The molecule has 112 valence electrons. The first-order valence-corrected chi connectivity index (χ1v) is 8.46. The Labute approximate surface area is 120 Å². The van der Waals surface area contributed by atoms with Crippen molar-refractivity contribution in [2.24, 2.45) is 5.92 Å². The van der Waals surface area contributed by atoms with Gasteiger partial charge in [-0.1, -0.05) is 13.8 Å². The van der Waals surface area contributed by atoms with Crippen molar-refractivity contribution in [2.45, 2.75) is 51.5 Å². The third-order valence-electron chi connectivity index (χ3n) is 3.49. The topological polar surface area (TPSA) is 37.4 Å². The van der Waals surface area contributed by atoms with Crippen LogP contribution in [0.3, 0.4) is 0 Å². The second kappa shape index (κ2) is 5.45. The Morgan fingerprint density at radius 1 is 1.25 bits per heavy atom. The normalized spacial score (nSPS) is 16.1. The lowest BCUT2D eigenvalue weighted by atomic mass is 10.1. The largest absolute Gasteiger partial charge is 0.243 e. The molecule has 0 atom stereocenters. The monoisotopic (exact) mass is 299 g/mol. The SMILES string of the molecule is Cc1cc(F)cc(C)c1S(=O)(=O)N(CC(C)C)C1CC1. The molecule has 0 N–H and O–H groups in total. The van der Waals surface area contributed by atoms with Crippen LogP contribution in [0.15, 0.2) is 17.0 Å². The third-order valence-corrected chi connectivity index (χ3v) is 5.72. The highest BCUT2D eigenvalue weighted by atomic mass is 32.2. The van der Waals surface area contributed by atoms with Gasteiger partial charge < -0.3 is 0 Å². The number of benzene rings is 1. The summed E-state index contributed by atoms with van der Waals surface area (Å²) in [6.07, 6.45) is 1.84. The summed E-state index contributed by atoms with van der Waals surface area (Å²) in [4.78, 5) is 0.270. The van der Waals surface area contributed by atoms with Crippen molar-refractivity contribution in [3.63, 3.8) is 0 Å². The molecule has 3 nitrogen and oxygen atoms in total. The highest BCUT2D eigenvalue weighted by molar-refractivity contribution is 7.89. The molecule has 0 aliphatic heterocycles. The first-order valence-electron chi connectivity index (χ1n) is 7.02. The van der Waals surface area contributed by atoms with E-state index >= 15 is 0 Å². The van der Waals surface area contributed by atoms with Crippen LogP contribution in [0, 0.1) is 25.6 Å². The van der Waals surface area contributed by atoms with Gasteiger partial charge in [-0.05, 0) is 55.9 Å². The van der Waals surface area contributed by atoms with Crippen molar-refractivity contribution in [3.05, 3.63) is 29.1 Å². The summed E-state index contributed by atoms with van der Waals surface area (Å²) >= 11 is 0. The molecule has 2 rings (SSSR count). The van der Waals surface area contributed by atoms with Crippen LogP contribution in [0.1, 0.15) is 37.8 Å². The van der Waals surface area contributed by atoms with Gasteiger partial charge in [-0.2, -0.15) is 4.31 Å². The van der Waals surface area contributed by atoms with Gasteiger partial charge in [-0.3, -0.25) is 0 Å². The molecule has 0 aromatic heterocycles. The molecule has 0 spiro atoms.